The number of benzene rings is 1. The van der Waals surface area contributed by atoms with Crippen molar-refractivity contribution in [3.05, 3.63) is 24.3 Å². The fourth-order valence-electron chi connectivity index (χ4n) is 2.49. The molecule has 6 nitrogen and oxygen atoms in total. The monoisotopic (exact) mass is 378 g/mol. The molecule has 8 heteroatoms. The Balaban J connectivity index is 0.00000288. The van der Waals surface area contributed by atoms with Crippen LogP contribution in [0.3, 0.4) is 0 Å². The first-order valence-electron chi connectivity index (χ1n) is 8.13. The highest BCUT2D eigenvalue weighted by molar-refractivity contribution is 7.89. The Morgan fingerprint density at radius 3 is 2.62 bits per heavy atom. The minimum Gasteiger partial charge on any atom is -0.491 e. The first-order chi connectivity index (χ1) is 11.1. The number of hydrogen-bond acceptors (Lipinski definition) is 5. The third-order valence-electron chi connectivity index (χ3n) is 3.80. The van der Waals surface area contributed by atoms with Crippen molar-refractivity contribution >= 4 is 22.4 Å². The van der Waals surface area contributed by atoms with Gasteiger partial charge in [-0.2, -0.15) is 0 Å². The molecule has 0 saturated carbocycles. The molecule has 1 aliphatic heterocycles. The molecule has 138 valence electrons. The van der Waals surface area contributed by atoms with Crippen molar-refractivity contribution in [2.24, 2.45) is 5.92 Å². The normalized spacial score (nSPS) is 18.0. The highest BCUT2D eigenvalue weighted by atomic mass is 35.5. The van der Waals surface area contributed by atoms with Gasteiger partial charge in [0.1, 0.15) is 12.4 Å². The second-order valence-electron chi connectivity index (χ2n) is 5.58. The third-order valence-corrected chi connectivity index (χ3v) is 5.23. The lowest BCUT2D eigenvalue weighted by Gasteiger charge is -2.22. The van der Waals surface area contributed by atoms with Crippen LogP contribution in [0.15, 0.2) is 29.2 Å². The Hall–Kier alpha value is -0.860. The van der Waals surface area contributed by atoms with Gasteiger partial charge in [-0.1, -0.05) is 0 Å². The predicted molar refractivity (Wildman–Crippen MR) is 96.5 cm³/mol. The van der Waals surface area contributed by atoms with Crippen LogP contribution in [0.4, 0.5) is 0 Å². The summed E-state index contributed by atoms with van der Waals surface area (Å²) < 4.78 is 38.0. The van der Waals surface area contributed by atoms with E-state index in [0.717, 1.165) is 25.9 Å². The summed E-state index contributed by atoms with van der Waals surface area (Å²) in [7, 11) is -3.46. The SMILES string of the molecule is CCOCCOc1ccc(S(=O)(=O)NCC2CCCNC2)cc1.Cl. The number of sulfonamides is 1. The maximum Gasteiger partial charge on any atom is 0.240 e. The van der Waals surface area contributed by atoms with Crippen LogP contribution in [-0.4, -0.2) is 47.9 Å². The van der Waals surface area contributed by atoms with Crippen LogP contribution in [-0.2, 0) is 14.8 Å². The molecule has 1 aromatic rings. The van der Waals surface area contributed by atoms with Crippen LogP contribution >= 0.6 is 12.4 Å². The molecule has 0 amide bonds. The fourth-order valence-corrected chi connectivity index (χ4v) is 3.60. The van der Waals surface area contributed by atoms with Gasteiger partial charge in [0, 0.05) is 13.2 Å². The van der Waals surface area contributed by atoms with Crippen molar-refractivity contribution in [2.75, 3.05) is 39.5 Å². The van der Waals surface area contributed by atoms with Gasteiger partial charge in [-0.05, 0) is 63.0 Å². The van der Waals surface area contributed by atoms with Crippen molar-refractivity contribution < 1.29 is 17.9 Å². The molecule has 1 aliphatic rings. The molecule has 0 aliphatic carbocycles. The van der Waals surface area contributed by atoms with E-state index in [4.69, 9.17) is 9.47 Å². The van der Waals surface area contributed by atoms with E-state index in [1.165, 1.54) is 0 Å². The smallest absolute Gasteiger partial charge is 0.240 e. The van der Waals surface area contributed by atoms with Gasteiger partial charge in [-0.15, -0.1) is 12.4 Å². The number of rotatable bonds is 9. The van der Waals surface area contributed by atoms with Gasteiger partial charge in [0.05, 0.1) is 11.5 Å². The number of ether oxygens (including phenoxy) is 2. The van der Waals surface area contributed by atoms with E-state index in [-0.39, 0.29) is 17.3 Å². The van der Waals surface area contributed by atoms with Crippen LogP contribution in [0.5, 0.6) is 5.75 Å². The lowest BCUT2D eigenvalue weighted by Crippen LogP contribution is -2.38. The summed E-state index contributed by atoms with van der Waals surface area (Å²) in [6.45, 7) is 5.92. The molecule has 2 rings (SSSR count). The second-order valence-corrected chi connectivity index (χ2v) is 7.35. The molecule has 24 heavy (non-hydrogen) atoms. The quantitative estimate of drug-likeness (QED) is 0.641. The van der Waals surface area contributed by atoms with Crippen molar-refractivity contribution in [2.45, 2.75) is 24.7 Å². The zero-order valence-corrected chi connectivity index (χ0v) is 15.6. The minimum absolute atomic E-state index is 0. The molecule has 0 spiro atoms. The average Bonchev–Trinajstić information content (AvgIpc) is 2.58. The van der Waals surface area contributed by atoms with Crippen LogP contribution < -0.4 is 14.8 Å². The number of hydrogen-bond donors (Lipinski definition) is 2. The Morgan fingerprint density at radius 1 is 1.25 bits per heavy atom. The van der Waals surface area contributed by atoms with Crippen LogP contribution in [0, 0.1) is 5.92 Å². The van der Waals surface area contributed by atoms with E-state index >= 15 is 0 Å². The lowest BCUT2D eigenvalue weighted by atomic mass is 10.0. The van der Waals surface area contributed by atoms with E-state index in [1.807, 2.05) is 6.92 Å². The van der Waals surface area contributed by atoms with Gasteiger partial charge in [-0.3, -0.25) is 0 Å². The first kappa shape index (κ1) is 21.2. The molecule has 0 aromatic heterocycles. The zero-order valence-electron chi connectivity index (χ0n) is 14.0. The molecule has 1 heterocycles. The van der Waals surface area contributed by atoms with E-state index < -0.39 is 10.0 Å². The van der Waals surface area contributed by atoms with Gasteiger partial charge in [0.2, 0.25) is 10.0 Å². The average molecular weight is 379 g/mol. The molecular weight excluding hydrogens is 352 g/mol. The van der Waals surface area contributed by atoms with E-state index in [9.17, 15) is 8.42 Å². The highest BCUT2D eigenvalue weighted by Gasteiger charge is 2.18. The largest absolute Gasteiger partial charge is 0.491 e. The van der Waals surface area contributed by atoms with Gasteiger partial charge in [0.25, 0.3) is 0 Å². The lowest BCUT2D eigenvalue weighted by molar-refractivity contribution is 0.110. The topological polar surface area (TPSA) is 76.7 Å². The van der Waals surface area contributed by atoms with Crippen LogP contribution in [0.1, 0.15) is 19.8 Å². The number of halogens is 1. The van der Waals surface area contributed by atoms with E-state index in [1.54, 1.807) is 24.3 Å². The van der Waals surface area contributed by atoms with Gasteiger partial charge in [0.15, 0.2) is 0 Å². The standard InChI is InChI=1S/C16H26N2O4S.ClH/c1-2-21-10-11-22-15-5-7-16(8-6-15)23(19,20)18-13-14-4-3-9-17-12-14;/h5-8,14,17-18H,2-4,9-13H2,1H3;1H. The van der Waals surface area contributed by atoms with Gasteiger partial charge < -0.3 is 14.8 Å². The van der Waals surface area contributed by atoms with Crippen molar-refractivity contribution in [3.63, 3.8) is 0 Å². The molecular formula is C16H27ClN2O4S. The summed E-state index contributed by atoms with van der Waals surface area (Å²) in [5.41, 5.74) is 0. The van der Waals surface area contributed by atoms with E-state index in [2.05, 4.69) is 10.0 Å². The Morgan fingerprint density at radius 2 is 2.00 bits per heavy atom. The molecule has 0 radical (unpaired) electrons. The summed E-state index contributed by atoms with van der Waals surface area (Å²) in [6.07, 6.45) is 2.16. The third kappa shape index (κ3) is 6.94. The van der Waals surface area contributed by atoms with Crippen molar-refractivity contribution in [3.8, 4) is 5.75 Å². The number of piperidine rings is 1. The summed E-state index contributed by atoms with van der Waals surface area (Å²) in [4.78, 5) is 0.262. The molecule has 0 bridgehead atoms. The van der Waals surface area contributed by atoms with Gasteiger partial charge >= 0.3 is 0 Å². The molecule has 2 N–H and O–H groups in total. The molecule has 1 atom stereocenters. The van der Waals surface area contributed by atoms with E-state index in [0.29, 0.717) is 38.0 Å². The molecule has 1 fully saturated rings. The molecule has 1 unspecified atom stereocenters. The maximum absolute atomic E-state index is 12.3. The van der Waals surface area contributed by atoms with Crippen molar-refractivity contribution in [1.29, 1.82) is 0 Å². The Kier molecular flexibility index (Phi) is 9.61. The predicted octanol–water partition coefficient (Wildman–Crippen LogP) is 1.80. The zero-order chi connectivity index (χ0) is 16.5. The summed E-state index contributed by atoms with van der Waals surface area (Å²) in [6, 6.07) is 6.47. The fraction of sp³-hybridized carbons (Fsp3) is 0.625. The van der Waals surface area contributed by atoms with Gasteiger partial charge in [-0.25, -0.2) is 13.1 Å². The molecule has 1 aromatic carbocycles. The van der Waals surface area contributed by atoms with Crippen molar-refractivity contribution in [1.82, 2.24) is 10.0 Å². The Labute approximate surface area is 150 Å². The molecule has 1 saturated heterocycles. The summed E-state index contributed by atoms with van der Waals surface area (Å²) >= 11 is 0. The van der Waals surface area contributed by atoms with Crippen LogP contribution in [0.25, 0.3) is 0 Å². The summed E-state index contributed by atoms with van der Waals surface area (Å²) in [5.74, 6) is 1.000. The summed E-state index contributed by atoms with van der Waals surface area (Å²) in [5, 5.41) is 3.29. The minimum atomic E-state index is -3.46. The highest BCUT2D eigenvalue weighted by Crippen LogP contribution is 2.16. The Bertz CT molecular complexity index is 560. The first-order valence-corrected chi connectivity index (χ1v) is 9.61. The van der Waals surface area contributed by atoms with Crippen LogP contribution in [0.2, 0.25) is 0 Å². The maximum atomic E-state index is 12.3. The number of nitrogens with one attached hydrogen (secondary N) is 2. The second kappa shape index (κ2) is 10.9.